The van der Waals surface area contributed by atoms with Crippen LogP contribution >= 0.6 is 0 Å². The zero-order chi connectivity index (χ0) is 12.4. The highest BCUT2D eigenvalue weighted by molar-refractivity contribution is 5.80. The number of hydrogen-bond donors (Lipinski definition) is 3. The van der Waals surface area contributed by atoms with E-state index in [-0.39, 0.29) is 17.7 Å². The number of nitrogens with one attached hydrogen (secondary N) is 2. The summed E-state index contributed by atoms with van der Waals surface area (Å²) in [6.45, 7) is 5.42. The van der Waals surface area contributed by atoms with E-state index in [1.165, 1.54) is 0 Å². The molecule has 5 nitrogen and oxygen atoms in total. The second-order valence-electron chi connectivity index (χ2n) is 3.87. The van der Waals surface area contributed by atoms with Gasteiger partial charge in [-0.1, -0.05) is 13.8 Å². The number of amides is 2. The lowest BCUT2D eigenvalue weighted by Crippen LogP contribution is -2.34. The van der Waals surface area contributed by atoms with Gasteiger partial charge in [-0.2, -0.15) is 0 Å². The number of carbonyl (C=O) groups excluding carboxylic acids is 2. The zero-order valence-corrected chi connectivity index (χ0v) is 10.2. The Labute approximate surface area is 97.2 Å². The van der Waals surface area contributed by atoms with Crippen molar-refractivity contribution in [2.45, 2.75) is 33.1 Å². The van der Waals surface area contributed by atoms with Crippen molar-refractivity contribution < 1.29 is 9.59 Å². The Bertz CT molecular complexity index is 219. The normalized spacial score (nSPS) is 11.9. The summed E-state index contributed by atoms with van der Waals surface area (Å²) in [6.07, 6.45) is 1.93. The van der Waals surface area contributed by atoms with Crippen LogP contribution in [0.4, 0.5) is 0 Å². The predicted octanol–water partition coefficient (Wildman–Crippen LogP) is 0.00380. The smallest absolute Gasteiger partial charge is 0.222 e. The van der Waals surface area contributed by atoms with E-state index in [1.807, 2.05) is 13.8 Å². The number of hydrogen-bond acceptors (Lipinski definition) is 3. The highest BCUT2D eigenvalue weighted by Gasteiger charge is 2.11. The van der Waals surface area contributed by atoms with Crippen molar-refractivity contribution >= 4 is 11.8 Å². The van der Waals surface area contributed by atoms with Crippen molar-refractivity contribution in [1.29, 1.82) is 0 Å². The van der Waals surface area contributed by atoms with E-state index < -0.39 is 0 Å². The van der Waals surface area contributed by atoms with E-state index in [4.69, 9.17) is 5.73 Å². The maximum atomic E-state index is 11.4. The van der Waals surface area contributed by atoms with Gasteiger partial charge in [-0.05, 0) is 19.4 Å². The molecule has 0 aliphatic heterocycles. The van der Waals surface area contributed by atoms with Crippen LogP contribution in [0.2, 0.25) is 0 Å². The first kappa shape index (κ1) is 14.9. The summed E-state index contributed by atoms with van der Waals surface area (Å²) in [5.41, 5.74) is 5.35. The molecule has 16 heavy (non-hydrogen) atoms. The molecule has 94 valence electrons. The molecule has 0 aromatic carbocycles. The first-order chi connectivity index (χ1) is 7.61. The third kappa shape index (κ3) is 7.23. The van der Waals surface area contributed by atoms with E-state index in [0.717, 1.165) is 6.42 Å². The fourth-order valence-corrected chi connectivity index (χ4v) is 1.21. The van der Waals surface area contributed by atoms with Crippen LogP contribution in [0.5, 0.6) is 0 Å². The molecule has 5 heteroatoms. The molecule has 4 N–H and O–H groups in total. The highest BCUT2D eigenvalue weighted by Crippen LogP contribution is 1.99. The summed E-state index contributed by atoms with van der Waals surface area (Å²) in [5.74, 6) is -0.133. The van der Waals surface area contributed by atoms with Gasteiger partial charge in [0.15, 0.2) is 0 Å². The molecule has 0 heterocycles. The summed E-state index contributed by atoms with van der Waals surface area (Å²) < 4.78 is 0. The SMILES string of the molecule is CCCNC(=O)CCNC(=O)C(C)CCN. The molecule has 1 atom stereocenters. The summed E-state index contributed by atoms with van der Waals surface area (Å²) in [7, 11) is 0. The zero-order valence-electron chi connectivity index (χ0n) is 10.2. The lowest BCUT2D eigenvalue weighted by molar-refractivity contribution is -0.125. The molecule has 0 rings (SSSR count). The van der Waals surface area contributed by atoms with Crippen molar-refractivity contribution in [3.05, 3.63) is 0 Å². The van der Waals surface area contributed by atoms with Gasteiger partial charge in [-0.3, -0.25) is 9.59 Å². The molecule has 0 aliphatic rings. The number of rotatable bonds is 8. The average molecular weight is 229 g/mol. The van der Waals surface area contributed by atoms with E-state index in [2.05, 4.69) is 10.6 Å². The Morgan fingerprint density at radius 1 is 1.25 bits per heavy atom. The summed E-state index contributed by atoms with van der Waals surface area (Å²) in [6, 6.07) is 0. The summed E-state index contributed by atoms with van der Waals surface area (Å²) >= 11 is 0. The maximum absolute atomic E-state index is 11.4. The second kappa shape index (κ2) is 9.15. The van der Waals surface area contributed by atoms with Crippen LogP contribution in [0.3, 0.4) is 0 Å². The monoisotopic (exact) mass is 229 g/mol. The fourth-order valence-electron chi connectivity index (χ4n) is 1.21. The quantitative estimate of drug-likeness (QED) is 0.548. The molecule has 2 amide bonds. The number of nitrogens with two attached hydrogens (primary N) is 1. The van der Waals surface area contributed by atoms with Gasteiger partial charge in [-0.25, -0.2) is 0 Å². The molecular formula is C11H23N3O2. The number of carbonyl (C=O) groups is 2. The van der Waals surface area contributed by atoms with E-state index >= 15 is 0 Å². The molecule has 0 bridgehead atoms. The van der Waals surface area contributed by atoms with Crippen LogP contribution in [-0.4, -0.2) is 31.4 Å². The van der Waals surface area contributed by atoms with Gasteiger partial charge in [0.25, 0.3) is 0 Å². The van der Waals surface area contributed by atoms with Gasteiger partial charge >= 0.3 is 0 Å². The topological polar surface area (TPSA) is 84.2 Å². The van der Waals surface area contributed by atoms with Crippen molar-refractivity contribution in [3.8, 4) is 0 Å². The Kier molecular flexibility index (Phi) is 8.52. The van der Waals surface area contributed by atoms with Crippen LogP contribution < -0.4 is 16.4 Å². The van der Waals surface area contributed by atoms with Crippen LogP contribution in [-0.2, 0) is 9.59 Å². The van der Waals surface area contributed by atoms with Crippen molar-refractivity contribution in [3.63, 3.8) is 0 Å². The molecule has 0 radical (unpaired) electrons. The van der Waals surface area contributed by atoms with Gasteiger partial charge in [0.2, 0.25) is 11.8 Å². The van der Waals surface area contributed by atoms with E-state index in [0.29, 0.717) is 32.5 Å². The van der Waals surface area contributed by atoms with Crippen LogP contribution in [0.1, 0.15) is 33.1 Å². The van der Waals surface area contributed by atoms with Crippen molar-refractivity contribution in [2.75, 3.05) is 19.6 Å². The molecule has 0 aromatic heterocycles. The molecule has 0 fully saturated rings. The van der Waals surface area contributed by atoms with Gasteiger partial charge in [-0.15, -0.1) is 0 Å². The summed E-state index contributed by atoms with van der Waals surface area (Å²) in [4.78, 5) is 22.6. The van der Waals surface area contributed by atoms with Gasteiger partial charge in [0.05, 0.1) is 0 Å². The van der Waals surface area contributed by atoms with Crippen molar-refractivity contribution in [1.82, 2.24) is 10.6 Å². The molecule has 0 saturated heterocycles. The Morgan fingerprint density at radius 2 is 1.94 bits per heavy atom. The third-order valence-electron chi connectivity index (χ3n) is 2.27. The molecule has 0 saturated carbocycles. The van der Waals surface area contributed by atoms with Crippen molar-refractivity contribution in [2.24, 2.45) is 11.7 Å². The second-order valence-corrected chi connectivity index (χ2v) is 3.87. The molecule has 0 aliphatic carbocycles. The van der Waals surface area contributed by atoms with Gasteiger partial charge in [0.1, 0.15) is 0 Å². The van der Waals surface area contributed by atoms with Gasteiger partial charge < -0.3 is 16.4 Å². The van der Waals surface area contributed by atoms with Gasteiger partial charge in [0, 0.05) is 25.4 Å². The minimum Gasteiger partial charge on any atom is -0.356 e. The molecule has 0 aromatic rings. The molecule has 1 unspecified atom stereocenters. The van der Waals surface area contributed by atoms with E-state index in [1.54, 1.807) is 0 Å². The van der Waals surface area contributed by atoms with E-state index in [9.17, 15) is 9.59 Å². The first-order valence-electron chi connectivity index (χ1n) is 5.86. The third-order valence-corrected chi connectivity index (χ3v) is 2.27. The maximum Gasteiger partial charge on any atom is 0.222 e. The first-order valence-corrected chi connectivity index (χ1v) is 5.86. The largest absolute Gasteiger partial charge is 0.356 e. The molecular weight excluding hydrogens is 206 g/mol. The summed E-state index contributed by atoms with van der Waals surface area (Å²) in [5, 5.41) is 5.47. The van der Waals surface area contributed by atoms with Crippen LogP contribution in [0.25, 0.3) is 0 Å². The van der Waals surface area contributed by atoms with Crippen LogP contribution in [0.15, 0.2) is 0 Å². The minimum atomic E-state index is -0.0799. The average Bonchev–Trinajstić information content (AvgIpc) is 2.26. The molecule has 0 spiro atoms. The minimum absolute atomic E-state index is 0.0198. The Balaban J connectivity index is 3.57. The fraction of sp³-hybridized carbons (Fsp3) is 0.818. The van der Waals surface area contributed by atoms with Crippen LogP contribution in [0, 0.1) is 5.92 Å². The highest BCUT2D eigenvalue weighted by atomic mass is 16.2. The predicted molar refractivity (Wildman–Crippen MR) is 63.8 cm³/mol. The lowest BCUT2D eigenvalue weighted by atomic mass is 10.1. The standard InChI is InChI=1S/C11H23N3O2/c1-3-7-13-10(15)5-8-14-11(16)9(2)4-6-12/h9H,3-8,12H2,1-2H3,(H,13,15)(H,14,16). The Morgan fingerprint density at radius 3 is 2.50 bits per heavy atom. The lowest BCUT2D eigenvalue weighted by Gasteiger charge is -2.10. The Hall–Kier alpha value is -1.10.